The lowest BCUT2D eigenvalue weighted by molar-refractivity contribution is -0.126. The van der Waals surface area contributed by atoms with Gasteiger partial charge in [0.25, 0.3) is 0 Å². The summed E-state index contributed by atoms with van der Waals surface area (Å²) in [7, 11) is 0. The van der Waals surface area contributed by atoms with E-state index in [4.69, 9.17) is 5.73 Å². The molecule has 0 spiro atoms. The van der Waals surface area contributed by atoms with Crippen LogP contribution in [0, 0.1) is 0 Å². The Labute approximate surface area is 126 Å². The van der Waals surface area contributed by atoms with Gasteiger partial charge in [0.2, 0.25) is 5.91 Å². The highest BCUT2D eigenvalue weighted by Crippen LogP contribution is 2.38. The van der Waals surface area contributed by atoms with Crippen LogP contribution in [0.15, 0.2) is 0 Å². The van der Waals surface area contributed by atoms with Gasteiger partial charge in [-0.2, -0.15) is 0 Å². The molecular formula is C15H26N4O2. The molecule has 3 saturated heterocycles. The van der Waals surface area contributed by atoms with E-state index >= 15 is 0 Å². The van der Waals surface area contributed by atoms with E-state index in [2.05, 4.69) is 18.7 Å². The molecule has 0 bridgehead atoms. The van der Waals surface area contributed by atoms with Gasteiger partial charge < -0.3 is 20.4 Å². The number of carbonyl (C=O) groups is 2. The molecule has 0 aliphatic carbocycles. The van der Waals surface area contributed by atoms with E-state index in [1.54, 1.807) is 4.90 Å². The summed E-state index contributed by atoms with van der Waals surface area (Å²) in [6.07, 6.45) is 3.59. The molecule has 21 heavy (non-hydrogen) atoms. The molecular weight excluding hydrogens is 268 g/mol. The van der Waals surface area contributed by atoms with Gasteiger partial charge in [0, 0.05) is 31.7 Å². The van der Waals surface area contributed by atoms with Crippen molar-refractivity contribution < 1.29 is 9.59 Å². The second-order valence-electron chi connectivity index (χ2n) is 6.92. The summed E-state index contributed by atoms with van der Waals surface area (Å²) in [5.74, 6) is -0.338. The van der Waals surface area contributed by atoms with Crippen LogP contribution in [0.3, 0.4) is 0 Å². The molecule has 2 N–H and O–H groups in total. The van der Waals surface area contributed by atoms with Crippen molar-refractivity contribution >= 4 is 11.9 Å². The van der Waals surface area contributed by atoms with E-state index in [-0.39, 0.29) is 18.0 Å². The Balaban J connectivity index is 1.71. The van der Waals surface area contributed by atoms with Crippen molar-refractivity contribution in [2.24, 2.45) is 5.73 Å². The number of piperidine rings is 1. The number of urea groups is 1. The summed E-state index contributed by atoms with van der Waals surface area (Å²) in [5, 5.41) is 0. The van der Waals surface area contributed by atoms with Crippen molar-refractivity contribution in [1.29, 1.82) is 0 Å². The van der Waals surface area contributed by atoms with Gasteiger partial charge in [0.15, 0.2) is 0 Å². The van der Waals surface area contributed by atoms with Crippen molar-refractivity contribution in [2.45, 2.75) is 57.2 Å². The summed E-state index contributed by atoms with van der Waals surface area (Å²) in [6.45, 7) is 7.63. The fourth-order valence-corrected chi connectivity index (χ4v) is 4.16. The maximum Gasteiger partial charge on any atom is 0.321 e. The molecule has 6 nitrogen and oxygen atoms in total. The molecule has 118 valence electrons. The van der Waals surface area contributed by atoms with E-state index < -0.39 is 5.54 Å². The van der Waals surface area contributed by atoms with E-state index in [1.165, 1.54) is 0 Å². The van der Waals surface area contributed by atoms with Crippen molar-refractivity contribution in [2.75, 3.05) is 26.2 Å². The summed E-state index contributed by atoms with van der Waals surface area (Å²) >= 11 is 0. The largest absolute Gasteiger partial charge is 0.368 e. The maximum absolute atomic E-state index is 12.6. The van der Waals surface area contributed by atoms with Crippen molar-refractivity contribution in [3.8, 4) is 0 Å². The Bertz CT molecular complexity index is 445. The monoisotopic (exact) mass is 294 g/mol. The minimum absolute atomic E-state index is 0.0225. The van der Waals surface area contributed by atoms with Crippen LogP contribution in [0.1, 0.15) is 39.5 Å². The Morgan fingerprint density at radius 1 is 1.29 bits per heavy atom. The third-order valence-corrected chi connectivity index (χ3v) is 5.53. The first kappa shape index (κ1) is 14.6. The first-order valence-electron chi connectivity index (χ1n) is 8.08. The lowest BCUT2D eigenvalue weighted by Gasteiger charge is -2.38. The first-order chi connectivity index (χ1) is 9.95. The smallest absolute Gasteiger partial charge is 0.321 e. The highest BCUT2D eigenvalue weighted by molar-refractivity contribution is 5.94. The average molecular weight is 294 g/mol. The molecule has 0 aromatic rings. The zero-order valence-corrected chi connectivity index (χ0v) is 13.0. The lowest BCUT2D eigenvalue weighted by Crippen LogP contribution is -2.53. The molecule has 0 unspecified atom stereocenters. The summed E-state index contributed by atoms with van der Waals surface area (Å²) < 4.78 is 0. The van der Waals surface area contributed by atoms with Crippen LogP contribution in [0.5, 0.6) is 0 Å². The second-order valence-corrected chi connectivity index (χ2v) is 6.92. The van der Waals surface area contributed by atoms with Crippen LogP contribution < -0.4 is 5.73 Å². The Morgan fingerprint density at radius 2 is 1.95 bits per heavy atom. The minimum atomic E-state index is -0.730. The molecule has 3 aliphatic heterocycles. The van der Waals surface area contributed by atoms with E-state index in [1.807, 2.05) is 4.90 Å². The summed E-state index contributed by atoms with van der Waals surface area (Å²) in [4.78, 5) is 30.6. The molecule has 6 heteroatoms. The molecule has 3 fully saturated rings. The molecule has 3 heterocycles. The van der Waals surface area contributed by atoms with Gasteiger partial charge in [-0.3, -0.25) is 4.79 Å². The minimum Gasteiger partial charge on any atom is -0.368 e. The molecule has 0 aromatic carbocycles. The van der Waals surface area contributed by atoms with Gasteiger partial charge in [0.05, 0.1) is 6.54 Å². The number of primary amides is 1. The fraction of sp³-hybridized carbons (Fsp3) is 0.867. The van der Waals surface area contributed by atoms with Crippen molar-refractivity contribution in [1.82, 2.24) is 14.7 Å². The van der Waals surface area contributed by atoms with Gasteiger partial charge in [-0.25, -0.2) is 4.79 Å². The zero-order chi connectivity index (χ0) is 15.2. The molecule has 0 saturated carbocycles. The molecule has 0 radical (unpaired) electrons. The predicted octanol–water partition coefficient (Wildman–Crippen LogP) is 0.615. The predicted molar refractivity (Wildman–Crippen MR) is 79.7 cm³/mol. The molecule has 3 amide bonds. The van der Waals surface area contributed by atoms with Gasteiger partial charge in [-0.05, 0) is 39.5 Å². The number of fused-ring (bicyclic) bond motifs is 1. The molecule has 3 aliphatic rings. The topological polar surface area (TPSA) is 69.9 Å². The van der Waals surface area contributed by atoms with E-state index in [0.717, 1.165) is 38.8 Å². The van der Waals surface area contributed by atoms with Crippen LogP contribution >= 0.6 is 0 Å². The number of rotatable bonds is 3. The second kappa shape index (κ2) is 5.16. The molecule has 3 rings (SSSR count). The number of nitrogens with two attached hydrogens (primary N) is 1. The SMILES string of the molecule is CC(C)N1CCC(N2C[C@@]3(C(N)=O)CCCN3C2=O)CC1. The zero-order valence-electron chi connectivity index (χ0n) is 13.0. The van der Waals surface area contributed by atoms with Gasteiger partial charge >= 0.3 is 6.03 Å². The molecule has 1 atom stereocenters. The highest BCUT2D eigenvalue weighted by Gasteiger charge is 2.57. The van der Waals surface area contributed by atoms with Crippen molar-refractivity contribution in [3.63, 3.8) is 0 Å². The Kier molecular flexibility index (Phi) is 3.59. The number of hydrogen-bond donors (Lipinski definition) is 1. The van der Waals surface area contributed by atoms with Gasteiger partial charge in [-0.15, -0.1) is 0 Å². The highest BCUT2D eigenvalue weighted by atomic mass is 16.2. The quantitative estimate of drug-likeness (QED) is 0.829. The number of nitrogens with zero attached hydrogens (tertiary/aromatic N) is 3. The van der Waals surface area contributed by atoms with Crippen LogP contribution in [-0.2, 0) is 4.79 Å². The normalized spacial score (nSPS) is 31.3. The average Bonchev–Trinajstić information content (AvgIpc) is 2.99. The third-order valence-electron chi connectivity index (χ3n) is 5.53. The number of amides is 3. The van der Waals surface area contributed by atoms with Gasteiger partial charge in [0.1, 0.15) is 5.54 Å². The summed E-state index contributed by atoms with van der Waals surface area (Å²) in [6, 6.07) is 0.837. The number of carbonyl (C=O) groups excluding carboxylic acids is 2. The van der Waals surface area contributed by atoms with Crippen molar-refractivity contribution in [3.05, 3.63) is 0 Å². The number of likely N-dealkylation sites (tertiary alicyclic amines) is 1. The van der Waals surface area contributed by atoms with Gasteiger partial charge in [-0.1, -0.05) is 0 Å². The maximum atomic E-state index is 12.6. The van der Waals surface area contributed by atoms with E-state index in [9.17, 15) is 9.59 Å². The van der Waals surface area contributed by atoms with Crippen LogP contribution in [-0.4, -0.2) is 70.4 Å². The third kappa shape index (κ3) is 2.20. The Morgan fingerprint density at radius 3 is 2.48 bits per heavy atom. The van der Waals surface area contributed by atoms with E-state index in [0.29, 0.717) is 19.1 Å². The fourth-order valence-electron chi connectivity index (χ4n) is 4.16. The van der Waals surface area contributed by atoms with Crippen LogP contribution in [0.2, 0.25) is 0 Å². The van der Waals surface area contributed by atoms with Crippen LogP contribution in [0.25, 0.3) is 0 Å². The first-order valence-corrected chi connectivity index (χ1v) is 8.08. The lowest BCUT2D eigenvalue weighted by atomic mass is 9.95. The Hall–Kier alpha value is -1.30. The number of hydrogen-bond acceptors (Lipinski definition) is 3. The van der Waals surface area contributed by atoms with Crippen LogP contribution in [0.4, 0.5) is 4.79 Å². The summed E-state index contributed by atoms with van der Waals surface area (Å²) in [5.41, 5.74) is 4.89. The standard InChI is InChI=1S/C15H26N4O2/c1-11(2)17-8-4-12(5-9-17)18-10-15(13(16)20)6-3-7-19(15)14(18)21/h11-12H,3-10H2,1-2H3,(H2,16,20)/t15-/m1/s1. The molecule has 0 aromatic heterocycles.